The van der Waals surface area contributed by atoms with E-state index in [2.05, 4.69) is 14.8 Å². The number of carboxylic acid groups (broad SMARTS) is 1. The van der Waals surface area contributed by atoms with Crippen LogP contribution in [0.4, 0.5) is 5.69 Å². The zero-order valence-corrected chi connectivity index (χ0v) is 13.1. The fraction of sp³-hybridized carbons (Fsp3) is 0.0714. The Morgan fingerprint density at radius 2 is 2.00 bits per heavy atom. The second kappa shape index (κ2) is 5.49. The normalized spacial score (nSPS) is 11.5. The minimum Gasteiger partial charge on any atom is -0.507 e. The van der Waals surface area contributed by atoms with Gasteiger partial charge in [0.1, 0.15) is 16.5 Å². The van der Waals surface area contributed by atoms with Crippen LogP contribution in [0.5, 0.6) is 5.75 Å². The molecule has 0 bridgehead atoms. The number of anilines is 1. The summed E-state index contributed by atoms with van der Waals surface area (Å²) >= 11 is 0. The van der Waals surface area contributed by atoms with Gasteiger partial charge in [-0.15, -0.1) is 0 Å². The van der Waals surface area contributed by atoms with Crippen molar-refractivity contribution in [2.45, 2.75) is 11.8 Å². The molecule has 2 heterocycles. The van der Waals surface area contributed by atoms with Crippen LogP contribution in [0.2, 0.25) is 0 Å². The van der Waals surface area contributed by atoms with Crippen LogP contribution >= 0.6 is 0 Å². The predicted molar refractivity (Wildman–Crippen MR) is 83.6 cm³/mol. The quantitative estimate of drug-likeness (QED) is 0.646. The molecule has 0 radical (unpaired) electrons. The molecule has 0 saturated carbocycles. The first-order valence-electron chi connectivity index (χ1n) is 6.68. The lowest BCUT2D eigenvalue weighted by Gasteiger charge is -2.10. The van der Waals surface area contributed by atoms with Crippen LogP contribution in [0.25, 0.3) is 5.65 Å². The molecule has 124 valence electrons. The van der Waals surface area contributed by atoms with Crippen LogP contribution in [0, 0.1) is 6.92 Å². The van der Waals surface area contributed by atoms with Gasteiger partial charge in [-0.05, 0) is 37.3 Å². The summed E-state index contributed by atoms with van der Waals surface area (Å²) in [4.78, 5) is 14.6. The van der Waals surface area contributed by atoms with E-state index in [0.29, 0.717) is 11.5 Å². The number of hydrogen-bond acceptors (Lipinski definition) is 6. The molecule has 10 heteroatoms. The van der Waals surface area contributed by atoms with Gasteiger partial charge < -0.3 is 10.2 Å². The maximum atomic E-state index is 12.4. The van der Waals surface area contributed by atoms with E-state index in [1.165, 1.54) is 16.8 Å². The molecule has 0 fully saturated rings. The first kappa shape index (κ1) is 15.7. The minimum atomic E-state index is -4.19. The number of aryl methyl sites for hydroxylation is 1. The van der Waals surface area contributed by atoms with Gasteiger partial charge >= 0.3 is 5.97 Å². The van der Waals surface area contributed by atoms with Crippen molar-refractivity contribution < 1.29 is 23.4 Å². The summed E-state index contributed by atoms with van der Waals surface area (Å²) in [6, 6.07) is 6.07. The van der Waals surface area contributed by atoms with Gasteiger partial charge in [-0.3, -0.25) is 4.72 Å². The highest BCUT2D eigenvalue weighted by Gasteiger charge is 2.21. The number of sulfonamides is 1. The number of aromatic nitrogens is 3. The molecule has 0 amide bonds. The number of fused-ring (bicyclic) bond motifs is 1. The van der Waals surface area contributed by atoms with Gasteiger partial charge in [-0.2, -0.15) is 5.10 Å². The summed E-state index contributed by atoms with van der Waals surface area (Å²) in [6.45, 7) is 1.70. The number of nitrogens with one attached hydrogen (secondary N) is 1. The molecule has 0 aliphatic rings. The first-order valence-corrected chi connectivity index (χ1v) is 8.17. The summed E-state index contributed by atoms with van der Waals surface area (Å²) < 4.78 is 28.5. The van der Waals surface area contributed by atoms with Crippen molar-refractivity contribution in [3.05, 3.63) is 47.9 Å². The molecule has 2 aromatic heterocycles. The Labute approximate surface area is 136 Å². The van der Waals surface area contributed by atoms with E-state index in [-0.39, 0.29) is 11.3 Å². The Balaban J connectivity index is 2.00. The number of rotatable bonds is 4. The molecular weight excluding hydrogens is 336 g/mol. The van der Waals surface area contributed by atoms with Crippen molar-refractivity contribution in [3.8, 4) is 5.75 Å². The number of benzene rings is 1. The monoisotopic (exact) mass is 348 g/mol. The number of aromatic hydroxyl groups is 1. The first-order chi connectivity index (χ1) is 11.3. The van der Waals surface area contributed by atoms with E-state index in [9.17, 15) is 18.3 Å². The third-order valence-corrected chi connectivity index (χ3v) is 4.60. The van der Waals surface area contributed by atoms with Crippen LogP contribution < -0.4 is 4.72 Å². The van der Waals surface area contributed by atoms with Gasteiger partial charge in [0.2, 0.25) is 0 Å². The molecule has 0 saturated heterocycles. The zero-order valence-electron chi connectivity index (χ0n) is 12.3. The van der Waals surface area contributed by atoms with Crippen molar-refractivity contribution in [1.29, 1.82) is 0 Å². The van der Waals surface area contributed by atoms with Gasteiger partial charge in [0.25, 0.3) is 10.0 Å². The molecular formula is C14H12N4O5S. The highest BCUT2D eigenvalue weighted by molar-refractivity contribution is 7.92. The molecule has 3 rings (SSSR count). The van der Waals surface area contributed by atoms with Gasteiger partial charge in [-0.25, -0.2) is 22.7 Å². The van der Waals surface area contributed by atoms with Crippen molar-refractivity contribution in [3.63, 3.8) is 0 Å². The number of phenols is 1. The van der Waals surface area contributed by atoms with E-state index in [0.717, 1.165) is 18.2 Å². The summed E-state index contributed by atoms with van der Waals surface area (Å²) in [5.74, 6) is -1.32. The second-order valence-corrected chi connectivity index (χ2v) is 6.62. The third-order valence-electron chi connectivity index (χ3n) is 3.19. The van der Waals surface area contributed by atoms with Crippen molar-refractivity contribution >= 4 is 27.3 Å². The summed E-state index contributed by atoms with van der Waals surface area (Å²) in [7, 11) is -4.19. The highest BCUT2D eigenvalue weighted by Crippen LogP contribution is 2.26. The van der Waals surface area contributed by atoms with Gasteiger partial charge in [-0.1, -0.05) is 0 Å². The number of pyridine rings is 1. The minimum absolute atomic E-state index is 0.188. The Hall–Kier alpha value is -3.14. The van der Waals surface area contributed by atoms with Crippen LogP contribution in [0.1, 0.15) is 16.2 Å². The molecule has 3 N–H and O–H groups in total. The van der Waals surface area contributed by atoms with Crippen molar-refractivity contribution in [2.24, 2.45) is 0 Å². The summed E-state index contributed by atoms with van der Waals surface area (Å²) in [5, 5.41) is 22.8. The molecule has 0 aliphatic carbocycles. The molecule has 3 aromatic rings. The van der Waals surface area contributed by atoms with Gasteiger partial charge in [0.15, 0.2) is 5.65 Å². The number of carbonyl (C=O) groups is 1. The van der Waals surface area contributed by atoms with E-state index in [4.69, 9.17) is 5.11 Å². The summed E-state index contributed by atoms with van der Waals surface area (Å²) in [5.41, 5.74) is 0.481. The lowest BCUT2D eigenvalue weighted by Crippen LogP contribution is -2.14. The topological polar surface area (TPSA) is 134 Å². The maximum Gasteiger partial charge on any atom is 0.335 e. The van der Waals surface area contributed by atoms with Crippen molar-refractivity contribution in [2.75, 3.05) is 4.72 Å². The molecule has 0 atom stereocenters. The molecule has 0 spiro atoms. The standard InChI is InChI=1S/C14H12N4O5S/c1-8-15-13-5-3-10(7-18(13)16-8)17-24(22,23)12-6-9(14(20)21)2-4-11(12)19/h2-7,17,19H,1H3,(H,20,21). The number of carboxylic acids is 1. The number of phenolic OH excluding ortho intramolecular Hbond substituents is 1. The number of aromatic carboxylic acids is 1. The lowest BCUT2D eigenvalue weighted by atomic mass is 10.2. The van der Waals surface area contributed by atoms with Gasteiger partial charge in [0, 0.05) is 0 Å². The average molecular weight is 348 g/mol. The molecule has 24 heavy (non-hydrogen) atoms. The largest absolute Gasteiger partial charge is 0.507 e. The predicted octanol–water partition coefficient (Wildman–Crippen LogP) is 1.24. The second-order valence-electron chi connectivity index (χ2n) is 4.97. The van der Waals surface area contributed by atoms with E-state index >= 15 is 0 Å². The molecule has 9 nitrogen and oxygen atoms in total. The smallest absolute Gasteiger partial charge is 0.335 e. The van der Waals surface area contributed by atoms with Crippen LogP contribution in [0.3, 0.4) is 0 Å². The van der Waals surface area contributed by atoms with E-state index in [1.54, 1.807) is 13.0 Å². The highest BCUT2D eigenvalue weighted by atomic mass is 32.2. The van der Waals surface area contributed by atoms with Crippen LogP contribution in [-0.2, 0) is 10.0 Å². The third kappa shape index (κ3) is 2.86. The lowest BCUT2D eigenvalue weighted by molar-refractivity contribution is 0.0696. The number of hydrogen-bond donors (Lipinski definition) is 3. The Bertz CT molecular complexity index is 1060. The zero-order chi connectivity index (χ0) is 17.5. The summed E-state index contributed by atoms with van der Waals surface area (Å²) in [6.07, 6.45) is 1.42. The molecule has 0 unspecified atom stereocenters. The van der Waals surface area contributed by atoms with Crippen LogP contribution in [-0.4, -0.2) is 39.2 Å². The Morgan fingerprint density at radius 3 is 2.71 bits per heavy atom. The number of nitrogens with zero attached hydrogens (tertiary/aromatic N) is 3. The van der Waals surface area contributed by atoms with Gasteiger partial charge in [0.05, 0.1) is 17.4 Å². The van der Waals surface area contributed by atoms with E-state index in [1.807, 2.05) is 0 Å². The Kier molecular flexibility index (Phi) is 3.60. The molecule has 1 aromatic carbocycles. The maximum absolute atomic E-state index is 12.4. The SMILES string of the molecule is Cc1nc2ccc(NS(=O)(=O)c3cc(C(=O)O)ccc3O)cn2n1. The Morgan fingerprint density at radius 1 is 1.25 bits per heavy atom. The van der Waals surface area contributed by atoms with Crippen LogP contribution in [0.15, 0.2) is 41.4 Å². The fourth-order valence-corrected chi connectivity index (χ4v) is 3.29. The molecule has 0 aliphatic heterocycles. The fourth-order valence-electron chi connectivity index (χ4n) is 2.13. The average Bonchev–Trinajstić information content (AvgIpc) is 2.86. The van der Waals surface area contributed by atoms with E-state index < -0.39 is 26.6 Å². The van der Waals surface area contributed by atoms with Crippen molar-refractivity contribution in [1.82, 2.24) is 14.6 Å².